The van der Waals surface area contributed by atoms with Crippen LogP contribution in [-0.2, 0) is 14.8 Å². The second kappa shape index (κ2) is 10.1. The molecule has 3 aromatic rings. The van der Waals surface area contributed by atoms with Crippen LogP contribution in [-0.4, -0.2) is 42.2 Å². The summed E-state index contributed by atoms with van der Waals surface area (Å²) in [5.41, 5.74) is 0.598. The number of ether oxygens (including phenoxy) is 3. The second-order valence-electron chi connectivity index (χ2n) is 6.61. The van der Waals surface area contributed by atoms with Gasteiger partial charge in [-0.05, 0) is 36.4 Å². The van der Waals surface area contributed by atoms with Crippen molar-refractivity contribution < 1.29 is 27.4 Å². The van der Waals surface area contributed by atoms with E-state index in [4.69, 9.17) is 14.2 Å². The van der Waals surface area contributed by atoms with Gasteiger partial charge in [-0.2, -0.15) is 0 Å². The summed E-state index contributed by atoms with van der Waals surface area (Å²) in [6.45, 7) is -0.488. The second-order valence-corrected chi connectivity index (χ2v) is 8.47. The van der Waals surface area contributed by atoms with Gasteiger partial charge >= 0.3 is 0 Å². The van der Waals surface area contributed by atoms with Gasteiger partial charge in [-0.15, -0.1) is 0 Å². The molecule has 8 nitrogen and oxygen atoms in total. The zero-order valence-electron chi connectivity index (χ0n) is 17.9. The SMILES string of the molecule is COc1ccc(OC)c(NC(=O)CN(c2ccccc2OC)S(=O)(=O)c2ccccc2)c1. The monoisotopic (exact) mass is 456 g/mol. The van der Waals surface area contributed by atoms with E-state index in [1.165, 1.54) is 33.5 Å². The van der Waals surface area contributed by atoms with E-state index in [1.807, 2.05) is 0 Å². The fourth-order valence-corrected chi connectivity index (χ4v) is 4.54. The third-order valence-corrected chi connectivity index (χ3v) is 6.43. The molecule has 1 amide bonds. The van der Waals surface area contributed by atoms with Gasteiger partial charge in [-0.1, -0.05) is 30.3 Å². The molecule has 0 bridgehead atoms. The van der Waals surface area contributed by atoms with Crippen LogP contribution < -0.4 is 23.8 Å². The van der Waals surface area contributed by atoms with Crippen LogP contribution in [0.4, 0.5) is 11.4 Å². The Morgan fingerprint density at radius 2 is 1.50 bits per heavy atom. The Labute approximate surface area is 187 Å². The smallest absolute Gasteiger partial charge is 0.264 e. The Morgan fingerprint density at radius 3 is 2.16 bits per heavy atom. The Morgan fingerprint density at radius 1 is 0.844 bits per heavy atom. The highest BCUT2D eigenvalue weighted by Crippen LogP contribution is 2.33. The molecule has 0 saturated heterocycles. The highest BCUT2D eigenvalue weighted by molar-refractivity contribution is 7.92. The molecule has 0 aliphatic heterocycles. The first-order valence-corrected chi connectivity index (χ1v) is 11.1. The maximum Gasteiger partial charge on any atom is 0.264 e. The molecule has 0 radical (unpaired) electrons. The third-order valence-electron chi connectivity index (χ3n) is 4.65. The third kappa shape index (κ3) is 4.94. The van der Waals surface area contributed by atoms with E-state index in [9.17, 15) is 13.2 Å². The average Bonchev–Trinajstić information content (AvgIpc) is 2.83. The molecule has 0 saturated carbocycles. The van der Waals surface area contributed by atoms with Crippen LogP contribution >= 0.6 is 0 Å². The molecule has 0 heterocycles. The summed E-state index contributed by atoms with van der Waals surface area (Å²) in [7, 11) is 0.346. The number of hydrogen-bond acceptors (Lipinski definition) is 6. The predicted molar refractivity (Wildman–Crippen MR) is 122 cm³/mol. The Kier molecular flexibility index (Phi) is 7.21. The minimum atomic E-state index is -4.07. The fraction of sp³-hybridized carbons (Fsp3) is 0.174. The first-order valence-electron chi connectivity index (χ1n) is 9.63. The van der Waals surface area contributed by atoms with Gasteiger partial charge in [0.2, 0.25) is 5.91 Å². The molecule has 0 spiro atoms. The Balaban J connectivity index is 1.99. The lowest BCUT2D eigenvalue weighted by Gasteiger charge is -2.25. The highest BCUT2D eigenvalue weighted by Gasteiger charge is 2.29. The van der Waals surface area contributed by atoms with Crippen LogP contribution in [0.1, 0.15) is 0 Å². The van der Waals surface area contributed by atoms with Crippen LogP contribution in [0.5, 0.6) is 17.2 Å². The number of carbonyl (C=O) groups is 1. The van der Waals surface area contributed by atoms with Gasteiger partial charge in [0.05, 0.1) is 37.6 Å². The molecule has 168 valence electrons. The topological polar surface area (TPSA) is 94.2 Å². The van der Waals surface area contributed by atoms with Crippen LogP contribution in [0.3, 0.4) is 0 Å². The zero-order valence-corrected chi connectivity index (χ0v) is 18.8. The number of amides is 1. The summed E-state index contributed by atoms with van der Waals surface area (Å²) in [6.07, 6.45) is 0. The van der Waals surface area contributed by atoms with E-state index < -0.39 is 22.5 Å². The number of hydrogen-bond donors (Lipinski definition) is 1. The molecule has 1 N–H and O–H groups in total. The van der Waals surface area contributed by atoms with E-state index in [2.05, 4.69) is 5.32 Å². The van der Waals surface area contributed by atoms with Crippen LogP contribution in [0, 0.1) is 0 Å². The standard InChI is InChI=1S/C23H24N2O6S/c1-29-17-13-14-21(30-2)19(15-17)24-23(26)16-25(20-11-7-8-12-22(20)31-3)32(27,28)18-9-5-4-6-10-18/h4-15H,16H2,1-3H3,(H,24,26). The van der Waals surface area contributed by atoms with Crippen molar-refractivity contribution in [1.29, 1.82) is 0 Å². The summed E-state index contributed by atoms with van der Waals surface area (Å²) >= 11 is 0. The molecule has 32 heavy (non-hydrogen) atoms. The number of para-hydroxylation sites is 2. The van der Waals surface area contributed by atoms with Gasteiger partial charge in [-0.25, -0.2) is 8.42 Å². The van der Waals surface area contributed by atoms with Crippen LogP contribution in [0.25, 0.3) is 0 Å². The van der Waals surface area contributed by atoms with Crippen molar-refractivity contribution >= 4 is 27.3 Å². The molecule has 0 aliphatic carbocycles. The Hall–Kier alpha value is -3.72. The van der Waals surface area contributed by atoms with Gasteiger partial charge in [0.15, 0.2) is 0 Å². The van der Waals surface area contributed by atoms with Crippen LogP contribution in [0.2, 0.25) is 0 Å². The van der Waals surface area contributed by atoms with Gasteiger partial charge < -0.3 is 19.5 Å². The fourth-order valence-electron chi connectivity index (χ4n) is 3.09. The van der Waals surface area contributed by atoms with E-state index in [0.717, 1.165) is 4.31 Å². The molecular formula is C23H24N2O6S. The summed E-state index contributed by atoms with van der Waals surface area (Å²) in [4.78, 5) is 13.0. The summed E-state index contributed by atoms with van der Waals surface area (Å²) in [5.74, 6) is 0.675. The average molecular weight is 457 g/mol. The molecule has 9 heteroatoms. The number of carbonyl (C=O) groups excluding carboxylic acids is 1. The molecule has 0 fully saturated rings. The number of nitrogens with zero attached hydrogens (tertiary/aromatic N) is 1. The largest absolute Gasteiger partial charge is 0.497 e. The van der Waals surface area contributed by atoms with E-state index in [1.54, 1.807) is 60.7 Å². The van der Waals surface area contributed by atoms with Crippen LogP contribution in [0.15, 0.2) is 77.7 Å². The minimum Gasteiger partial charge on any atom is -0.497 e. The maximum absolute atomic E-state index is 13.5. The molecule has 3 aromatic carbocycles. The number of methoxy groups -OCH3 is 3. The molecule has 0 atom stereocenters. The quantitative estimate of drug-likeness (QED) is 0.529. The molecule has 0 aliphatic rings. The number of sulfonamides is 1. The Bertz CT molecular complexity index is 1180. The summed E-state index contributed by atoms with van der Waals surface area (Å²) < 4.78 is 43.8. The first kappa shape index (κ1) is 23.0. The molecule has 3 rings (SSSR count). The lowest BCUT2D eigenvalue weighted by Crippen LogP contribution is -2.38. The summed E-state index contributed by atoms with van der Waals surface area (Å²) in [5, 5.41) is 2.71. The van der Waals surface area contributed by atoms with Crippen molar-refractivity contribution in [3.63, 3.8) is 0 Å². The molecule has 0 unspecified atom stereocenters. The van der Waals surface area contributed by atoms with Crippen molar-refractivity contribution in [2.24, 2.45) is 0 Å². The number of benzene rings is 3. The number of anilines is 2. The first-order chi connectivity index (χ1) is 15.4. The van der Waals surface area contributed by atoms with E-state index in [0.29, 0.717) is 22.9 Å². The number of rotatable bonds is 9. The lowest BCUT2D eigenvalue weighted by molar-refractivity contribution is -0.114. The van der Waals surface area contributed by atoms with Crippen molar-refractivity contribution in [2.45, 2.75) is 4.90 Å². The van der Waals surface area contributed by atoms with Crippen molar-refractivity contribution in [1.82, 2.24) is 0 Å². The van der Waals surface area contributed by atoms with Gasteiger partial charge in [-0.3, -0.25) is 9.10 Å². The number of nitrogens with one attached hydrogen (secondary N) is 1. The lowest BCUT2D eigenvalue weighted by atomic mass is 10.2. The van der Waals surface area contributed by atoms with Crippen molar-refractivity contribution in [3.05, 3.63) is 72.8 Å². The normalized spacial score (nSPS) is 10.8. The van der Waals surface area contributed by atoms with Gasteiger partial charge in [0.1, 0.15) is 23.8 Å². The van der Waals surface area contributed by atoms with Crippen molar-refractivity contribution in [3.8, 4) is 17.2 Å². The highest BCUT2D eigenvalue weighted by atomic mass is 32.2. The zero-order chi connectivity index (χ0) is 23.1. The minimum absolute atomic E-state index is 0.0534. The van der Waals surface area contributed by atoms with Gasteiger partial charge in [0, 0.05) is 6.07 Å². The van der Waals surface area contributed by atoms with Crippen molar-refractivity contribution in [2.75, 3.05) is 37.5 Å². The van der Waals surface area contributed by atoms with E-state index >= 15 is 0 Å². The van der Waals surface area contributed by atoms with E-state index in [-0.39, 0.29) is 10.6 Å². The van der Waals surface area contributed by atoms with Gasteiger partial charge in [0.25, 0.3) is 10.0 Å². The molecular weight excluding hydrogens is 432 g/mol. The summed E-state index contributed by atoms with van der Waals surface area (Å²) in [6, 6.07) is 19.4. The molecule has 0 aromatic heterocycles. The predicted octanol–water partition coefficient (Wildman–Crippen LogP) is 3.55. The maximum atomic E-state index is 13.5.